The van der Waals surface area contributed by atoms with Crippen LogP contribution in [0.1, 0.15) is 28.7 Å². The normalized spacial score (nSPS) is 12.9. The molecule has 8 heteroatoms. The van der Waals surface area contributed by atoms with Gasteiger partial charge in [0.1, 0.15) is 0 Å². The smallest absolute Gasteiger partial charge is 0.0929 e. The zero-order valence-electron chi connectivity index (χ0n) is 12.7. The Labute approximate surface area is 129 Å². The molecule has 116 valence electrons. The lowest BCUT2D eigenvalue weighted by Gasteiger charge is -2.19. The van der Waals surface area contributed by atoms with Gasteiger partial charge in [0, 0.05) is 25.4 Å². The molecule has 21 heavy (non-hydrogen) atoms. The number of methoxy groups -OCH3 is 1. The van der Waals surface area contributed by atoms with Crippen LogP contribution in [0.15, 0.2) is 6.20 Å². The van der Waals surface area contributed by atoms with Crippen LogP contribution >= 0.6 is 11.6 Å². The van der Waals surface area contributed by atoms with E-state index >= 15 is 0 Å². The van der Waals surface area contributed by atoms with E-state index < -0.39 is 0 Å². The maximum Gasteiger partial charge on any atom is 0.0929 e. The first kappa shape index (κ1) is 16.0. The molecule has 7 nitrogen and oxygen atoms in total. The van der Waals surface area contributed by atoms with Crippen molar-refractivity contribution in [3.63, 3.8) is 0 Å². The van der Waals surface area contributed by atoms with Crippen LogP contribution in [-0.2, 0) is 18.3 Å². The van der Waals surface area contributed by atoms with Crippen molar-refractivity contribution in [2.24, 2.45) is 12.9 Å². The van der Waals surface area contributed by atoms with E-state index in [2.05, 4.69) is 15.6 Å². The molecule has 0 aromatic carbocycles. The first-order valence-electron chi connectivity index (χ1n) is 6.67. The third kappa shape index (κ3) is 2.96. The molecule has 2 rings (SSSR count). The van der Waals surface area contributed by atoms with Gasteiger partial charge in [-0.15, -0.1) is 0 Å². The summed E-state index contributed by atoms with van der Waals surface area (Å²) < 4.78 is 8.75. The average molecular weight is 313 g/mol. The molecule has 2 aromatic heterocycles. The van der Waals surface area contributed by atoms with Gasteiger partial charge in [0.05, 0.1) is 41.8 Å². The Hall–Kier alpha value is -1.41. The molecule has 0 fully saturated rings. The predicted octanol–water partition coefficient (Wildman–Crippen LogP) is 1.09. The van der Waals surface area contributed by atoms with Gasteiger partial charge in [-0.1, -0.05) is 11.6 Å². The molecular formula is C13H21ClN6O. The SMILES string of the molecule is COCCn1ncc(Cl)c1C(NN)c1c(C)nn(C)c1C. The van der Waals surface area contributed by atoms with Gasteiger partial charge in [-0.05, 0) is 13.8 Å². The molecule has 0 spiro atoms. The maximum atomic E-state index is 6.31. The number of hydrogen-bond acceptors (Lipinski definition) is 5. The standard InChI is InChI=1S/C13H21ClN6O/c1-8-11(9(2)19(3)18-8)12(17-15)13-10(14)7-16-20(13)5-6-21-4/h7,12,17H,5-6,15H2,1-4H3. The average Bonchev–Trinajstić information content (AvgIpc) is 2.93. The molecular weight excluding hydrogens is 292 g/mol. The highest BCUT2D eigenvalue weighted by molar-refractivity contribution is 6.31. The second-order valence-electron chi connectivity index (χ2n) is 4.90. The van der Waals surface area contributed by atoms with Crippen molar-refractivity contribution in [2.75, 3.05) is 13.7 Å². The molecule has 0 aliphatic carbocycles. The van der Waals surface area contributed by atoms with E-state index in [0.717, 1.165) is 22.6 Å². The van der Waals surface area contributed by atoms with Crippen molar-refractivity contribution in [3.05, 3.63) is 33.9 Å². The molecule has 1 unspecified atom stereocenters. The zero-order valence-corrected chi connectivity index (χ0v) is 13.5. The number of aromatic nitrogens is 4. The number of nitrogens with one attached hydrogen (secondary N) is 1. The lowest BCUT2D eigenvalue weighted by atomic mass is 10.0. The van der Waals surface area contributed by atoms with E-state index in [1.165, 1.54) is 0 Å². The molecule has 0 aliphatic heterocycles. The van der Waals surface area contributed by atoms with Crippen LogP contribution in [0.25, 0.3) is 0 Å². The van der Waals surface area contributed by atoms with Crippen molar-refractivity contribution < 1.29 is 4.74 Å². The Balaban J connectivity index is 2.49. The number of rotatable bonds is 6. The summed E-state index contributed by atoms with van der Waals surface area (Å²) in [5, 5.41) is 9.30. The van der Waals surface area contributed by atoms with Gasteiger partial charge in [-0.2, -0.15) is 10.2 Å². The molecule has 0 amide bonds. The fraction of sp³-hybridized carbons (Fsp3) is 0.538. The van der Waals surface area contributed by atoms with E-state index in [9.17, 15) is 0 Å². The summed E-state index contributed by atoms with van der Waals surface area (Å²) in [6, 6.07) is -0.273. The van der Waals surface area contributed by atoms with Crippen LogP contribution in [-0.4, -0.2) is 33.3 Å². The molecule has 0 bridgehead atoms. The van der Waals surface area contributed by atoms with Crippen molar-refractivity contribution >= 4 is 11.6 Å². The highest BCUT2D eigenvalue weighted by atomic mass is 35.5. The van der Waals surface area contributed by atoms with Crippen molar-refractivity contribution in [3.8, 4) is 0 Å². The monoisotopic (exact) mass is 312 g/mol. The first-order valence-corrected chi connectivity index (χ1v) is 7.05. The van der Waals surface area contributed by atoms with E-state index in [4.69, 9.17) is 22.2 Å². The number of halogens is 1. The van der Waals surface area contributed by atoms with Crippen LogP contribution < -0.4 is 11.3 Å². The van der Waals surface area contributed by atoms with E-state index in [0.29, 0.717) is 18.2 Å². The number of nitrogens with two attached hydrogens (primary N) is 1. The molecule has 2 heterocycles. The van der Waals surface area contributed by atoms with Gasteiger partial charge >= 0.3 is 0 Å². The number of hydrazine groups is 1. The fourth-order valence-electron chi connectivity index (χ4n) is 2.52. The van der Waals surface area contributed by atoms with E-state index in [1.54, 1.807) is 13.3 Å². The topological polar surface area (TPSA) is 82.9 Å². The van der Waals surface area contributed by atoms with Crippen LogP contribution in [0.4, 0.5) is 0 Å². The van der Waals surface area contributed by atoms with E-state index in [1.807, 2.05) is 30.3 Å². The highest BCUT2D eigenvalue weighted by Crippen LogP contribution is 2.31. The summed E-state index contributed by atoms with van der Waals surface area (Å²) in [6.07, 6.45) is 1.62. The Bertz CT molecular complexity index is 620. The number of ether oxygens (including phenoxy) is 1. The van der Waals surface area contributed by atoms with Crippen molar-refractivity contribution in [1.29, 1.82) is 0 Å². The lowest BCUT2D eigenvalue weighted by Crippen LogP contribution is -2.32. The van der Waals surface area contributed by atoms with Gasteiger partial charge in [0.15, 0.2) is 0 Å². The third-order valence-corrected chi connectivity index (χ3v) is 3.93. The lowest BCUT2D eigenvalue weighted by molar-refractivity contribution is 0.182. The largest absolute Gasteiger partial charge is 0.383 e. The molecule has 0 radical (unpaired) electrons. The highest BCUT2D eigenvalue weighted by Gasteiger charge is 2.26. The minimum absolute atomic E-state index is 0.273. The second-order valence-corrected chi connectivity index (χ2v) is 5.31. The third-order valence-electron chi connectivity index (χ3n) is 3.63. The number of aryl methyl sites for hydroxylation is 2. The Morgan fingerprint density at radius 3 is 2.71 bits per heavy atom. The molecule has 2 aromatic rings. The molecule has 0 saturated carbocycles. The van der Waals surface area contributed by atoms with Crippen LogP contribution in [0, 0.1) is 13.8 Å². The summed E-state index contributed by atoms with van der Waals surface area (Å²) in [5.74, 6) is 5.79. The van der Waals surface area contributed by atoms with Gasteiger partial charge < -0.3 is 4.74 Å². The summed E-state index contributed by atoms with van der Waals surface area (Å²) in [5.41, 5.74) is 6.61. The Morgan fingerprint density at radius 1 is 1.48 bits per heavy atom. The summed E-state index contributed by atoms with van der Waals surface area (Å²) in [6.45, 7) is 5.11. The fourth-order valence-corrected chi connectivity index (χ4v) is 2.77. The van der Waals surface area contributed by atoms with Gasteiger partial charge in [0.2, 0.25) is 0 Å². The predicted molar refractivity (Wildman–Crippen MR) is 81.0 cm³/mol. The quantitative estimate of drug-likeness (QED) is 0.616. The summed E-state index contributed by atoms with van der Waals surface area (Å²) in [7, 11) is 3.56. The number of hydrogen-bond donors (Lipinski definition) is 2. The van der Waals surface area contributed by atoms with E-state index in [-0.39, 0.29) is 6.04 Å². The molecule has 0 saturated heterocycles. The first-order chi connectivity index (χ1) is 10.0. The summed E-state index contributed by atoms with van der Waals surface area (Å²) in [4.78, 5) is 0. The zero-order chi connectivity index (χ0) is 15.6. The van der Waals surface area contributed by atoms with Crippen LogP contribution in [0.2, 0.25) is 5.02 Å². The minimum atomic E-state index is -0.273. The second kappa shape index (κ2) is 6.57. The molecule has 0 aliphatic rings. The number of nitrogens with zero attached hydrogens (tertiary/aromatic N) is 4. The minimum Gasteiger partial charge on any atom is -0.383 e. The molecule has 1 atom stereocenters. The van der Waals surface area contributed by atoms with Gasteiger partial charge in [-0.3, -0.25) is 15.2 Å². The Morgan fingerprint density at radius 2 is 2.19 bits per heavy atom. The van der Waals surface area contributed by atoms with Crippen molar-refractivity contribution in [1.82, 2.24) is 25.0 Å². The Kier molecular flexibility index (Phi) is 5.00. The van der Waals surface area contributed by atoms with Gasteiger partial charge in [0.25, 0.3) is 0 Å². The van der Waals surface area contributed by atoms with Gasteiger partial charge in [-0.25, -0.2) is 5.43 Å². The van der Waals surface area contributed by atoms with Crippen LogP contribution in [0.3, 0.4) is 0 Å². The van der Waals surface area contributed by atoms with Crippen molar-refractivity contribution in [2.45, 2.75) is 26.4 Å². The summed E-state index contributed by atoms with van der Waals surface area (Å²) >= 11 is 6.31. The maximum absolute atomic E-state index is 6.31. The molecule has 3 N–H and O–H groups in total. The van der Waals surface area contributed by atoms with Crippen LogP contribution in [0.5, 0.6) is 0 Å².